The van der Waals surface area contributed by atoms with Gasteiger partial charge < -0.3 is 10.1 Å². The summed E-state index contributed by atoms with van der Waals surface area (Å²) in [6.45, 7) is 3.14. The molecule has 110 valence electrons. The molecule has 0 radical (unpaired) electrons. The van der Waals surface area contributed by atoms with Crippen LogP contribution in [0, 0.1) is 17.0 Å². The Morgan fingerprint density at radius 1 is 1.24 bits per heavy atom. The maximum atomic E-state index is 11.0. The third kappa shape index (κ3) is 4.00. The molecule has 0 aliphatic heterocycles. The number of aryl methyl sites for hydroxylation is 1. The highest BCUT2D eigenvalue weighted by molar-refractivity contribution is 5.48. The van der Waals surface area contributed by atoms with Crippen molar-refractivity contribution in [1.29, 1.82) is 0 Å². The van der Waals surface area contributed by atoms with Crippen molar-refractivity contribution in [3.63, 3.8) is 0 Å². The number of hydrogen-bond donors (Lipinski definition) is 1. The number of nitrogens with one attached hydrogen (secondary N) is 1. The summed E-state index contributed by atoms with van der Waals surface area (Å²) in [5.74, 6) is 0.270. The summed E-state index contributed by atoms with van der Waals surface area (Å²) in [5.41, 5.74) is 2.87. The maximum Gasteiger partial charge on any atom is 0.311 e. The second-order valence-electron chi connectivity index (χ2n) is 4.67. The van der Waals surface area contributed by atoms with Gasteiger partial charge in [-0.2, -0.15) is 0 Å². The zero-order valence-corrected chi connectivity index (χ0v) is 12.0. The molecule has 0 fully saturated rings. The van der Waals surface area contributed by atoms with E-state index in [4.69, 9.17) is 4.74 Å². The summed E-state index contributed by atoms with van der Waals surface area (Å²) in [7, 11) is 1.42. The van der Waals surface area contributed by atoms with Crippen molar-refractivity contribution in [1.82, 2.24) is 10.3 Å². The largest absolute Gasteiger partial charge is 0.490 e. The maximum absolute atomic E-state index is 11.0. The minimum Gasteiger partial charge on any atom is -0.490 e. The number of hydrogen-bond acceptors (Lipinski definition) is 5. The summed E-state index contributed by atoms with van der Waals surface area (Å²) in [6, 6.07) is 8.91. The van der Waals surface area contributed by atoms with Crippen molar-refractivity contribution in [3.05, 3.63) is 63.5 Å². The zero-order valence-electron chi connectivity index (χ0n) is 12.0. The minimum absolute atomic E-state index is 0.0196. The van der Waals surface area contributed by atoms with Crippen LogP contribution in [0.25, 0.3) is 0 Å². The van der Waals surface area contributed by atoms with Crippen LogP contribution >= 0.6 is 0 Å². The Morgan fingerprint density at radius 2 is 1.95 bits per heavy atom. The summed E-state index contributed by atoms with van der Waals surface area (Å²) in [4.78, 5) is 14.7. The lowest BCUT2D eigenvalue weighted by molar-refractivity contribution is -0.385. The fourth-order valence-electron chi connectivity index (χ4n) is 1.94. The molecule has 6 heteroatoms. The average molecular weight is 287 g/mol. The second kappa shape index (κ2) is 6.81. The first kappa shape index (κ1) is 14.9. The second-order valence-corrected chi connectivity index (χ2v) is 4.67. The van der Waals surface area contributed by atoms with Gasteiger partial charge in [0.1, 0.15) is 0 Å². The highest BCUT2D eigenvalue weighted by atomic mass is 16.6. The standard InChI is InChI=1S/C15H17N3O3/c1-11-3-4-13(10-17-11)9-16-8-12-5-6-15(21-2)14(7-12)18(19)20/h3-7,10,16H,8-9H2,1-2H3. The molecule has 0 aliphatic carbocycles. The molecule has 0 amide bonds. The van der Waals surface area contributed by atoms with E-state index in [2.05, 4.69) is 10.3 Å². The molecule has 0 bridgehead atoms. The van der Waals surface area contributed by atoms with Crippen LogP contribution in [0.3, 0.4) is 0 Å². The fraction of sp³-hybridized carbons (Fsp3) is 0.267. The van der Waals surface area contributed by atoms with Crippen LogP contribution in [0.15, 0.2) is 36.5 Å². The van der Waals surface area contributed by atoms with Crippen LogP contribution in [-0.4, -0.2) is 17.0 Å². The third-order valence-corrected chi connectivity index (χ3v) is 3.07. The first-order valence-corrected chi connectivity index (χ1v) is 6.53. The number of benzene rings is 1. The number of nitrogens with zero attached hydrogens (tertiary/aromatic N) is 2. The molecule has 1 heterocycles. The van der Waals surface area contributed by atoms with E-state index in [9.17, 15) is 10.1 Å². The topological polar surface area (TPSA) is 77.3 Å². The Kier molecular flexibility index (Phi) is 4.84. The van der Waals surface area contributed by atoms with Crippen molar-refractivity contribution < 1.29 is 9.66 Å². The van der Waals surface area contributed by atoms with Crippen molar-refractivity contribution in [2.75, 3.05) is 7.11 Å². The Labute approximate surface area is 122 Å². The normalized spacial score (nSPS) is 10.4. The van der Waals surface area contributed by atoms with Gasteiger partial charge in [-0.25, -0.2) is 0 Å². The van der Waals surface area contributed by atoms with E-state index in [1.54, 1.807) is 6.07 Å². The van der Waals surface area contributed by atoms with Crippen LogP contribution in [0.2, 0.25) is 0 Å². The zero-order chi connectivity index (χ0) is 15.2. The van der Waals surface area contributed by atoms with Crippen LogP contribution in [-0.2, 0) is 13.1 Å². The Hall–Kier alpha value is -2.47. The molecule has 1 N–H and O–H groups in total. The molecule has 21 heavy (non-hydrogen) atoms. The summed E-state index contributed by atoms with van der Waals surface area (Å²) < 4.78 is 4.98. The van der Waals surface area contributed by atoms with Gasteiger partial charge in [-0.15, -0.1) is 0 Å². The van der Waals surface area contributed by atoms with E-state index in [1.807, 2.05) is 31.3 Å². The van der Waals surface area contributed by atoms with Gasteiger partial charge in [0.2, 0.25) is 0 Å². The number of ether oxygens (including phenoxy) is 1. The molecule has 0 aliphatic rings. The predicted octanol–water partition coefficient (Wildman–Crippen LogP) is 2.60. The number of pyridine rings is 1. The summed E-state index contributed by atoms with van der Waals surface area (Å²) in [5, 5.41) is 14.2. The Bertz CT molecular complexity index is 627. The number of aromatic nitrogens is 1. The van der Waals surface area contributed by atoms with Gasteiger partial charge in [0.15, 0.2) is 5.75 Å². The van der Waals surface area contributed by atoms with Gasteiger partial charge in [-0.3, -0.25) is 15.1 Å². The summed E-state index contributed by atoms with van der Waals surface area (Å²) >= 11 is 0. The molecule has 6 nitrogen and oxygen atoms in total. The molecule has 0 atom stereocenters. The van der Waals surface area contributed by atoms with E-state index >= 15 is 0 Å². The number of nitro benzene ring substituents is 1. The van der Waals surface area contributed by atoms with E-state index in [0.717, 1.165) is 16.8 Å². The van der Waals surface area contributed by atoms with E-state index < -0.39 is 4.92 Å². The first-order valence-electron chi connectivity index (χ1n) is 6.53. The minimum atomic E-state index is -0.438. The lowest BCUT2D eigenvalue weighted by Gasteiger charge is -2.07. The first-order chi connectivity index (χ1) is 10.1. The van der Waals surface area contributed by atoms with Crippen molar-refractivity contribution in [2.45, 2.75) is 20.0 Å². The van der Waals surface area contributed by atoms with Crippen LogP contribution in [0.4, 0.5) is 5.69 Å². The number of methoxy groups -OCH3 is 1. The monoisotopic (exact) mass is 287 g/mol. The van der Waals surface area contributed by atoms with Crippen LogP contribution in [0.1, 0.15) is 16.8 Å². The van der Waals surface area contributed by atoms with Gasteiger partial charge >= 0.3 is 5.69 Å². The predicted molar refractivity (Wildman–Crippen MR) is 79.2 cm³/mol. The average Bonchev–Trinajstić information content (AvgIpc) is 2.49. The Morgan fingerprint density at radius 3 is 2.57 bits per heavy atom. The molecule has 0 spiro atoms. The smallest absolute Gasteiger partial charge is 0.311 e. The van der Waals surface area contributed by atoms with Crippen LogP contribution in [0.5, 0.6) is 5.75 Å². The quantitative estimate of drug-likeness (QED) is 0.652. The van der Waals surface area contributed by atoms with E-state index in [0.29, 0.717) is 13.1 Å². The van der Waals surface area contributed by atoms with Gasteiger partial charge in [0, 0.05) is 31.0 Å². The molecule has 2 rings (SSSR count). The molecular formula is C15H17N3O3. The van der Waals surface area contributed by atoms with Gasteiger partial charge in [-0.05, 0) is 30.2 Å². The van der Waals surface area contributed by atoms with Crippen LogP contribution < -0.4 is 10.1 Å². The summed E-state index contributed by atoms with van der Waals surface area (Å²) in [6.07, 6.45) is 1.82. The van der Waals surface area contributed by atoms with Gasteiger partial charge in [-0.1, -0.05) is 12.1 Å². The highest BCUT2D eigenvalue weighted by Crippen LogP contribution is 2.27. The van der Waals surface area contributed by atoms with Crippen molar-refractivity contribution in [2.24, 2.45) is 0 Å². The van der Waals surface area contributed by atoms with Gasteiger partial charge in [0.05, 0.1) is 12.0 Å². The third-order valence-electron chi connectivity index (χ3n) is 3.07. The molecular weight excluding hydrogens is 270 g/mol. The molecule has 1 aromatic heterocycles. The molecule has 0 saturated heterocycles. The molecule has 1 aromatic carbocycles. The van der Waals surface area contributed by atoms with Gasteiger partial charge in [0.25, 0.3) is 0 Å². The fourth-order valence-corrected chi connectivity index (χ4v) is 1.94. The van der Waals surface area contributed by atoms with E-state index in [-0.39, 0.29) is 11.4 Å². The molecule has 0 unspecified atom stereocenters. The number of rotatable bonds is 6. The molecule has 0 saturated carbocycles. The Balaban J connectivity index is 1.98. The number of nitro groups is 1. The lowest BCUT2D eigenvalue weighted by atomic mass is 10.2. The van der Waals surface area contributed by atoms with Crippen molar-refractivity contribution >= 4 is 5.69 Å². The molecule has 2 aromatic rings. The highest BCUT2D eigenvalue weighted by Gasteiger charge is 2.14. The lowest BCUT2D eigenvalue weighted by Crippen LogP contribution is -2.13. The van der Waals surface area contributed by atoms with E-state index in [1.165, 1.54) is 13.2 Å². The SMILES string of the molecule is COc1ccc(CNCc2ccc(C)nc2)cc1[N+](=O)[O-]. The van der Waals surface area contributed by atoms with Crippen molar-refractivity contribution in [3.8, 4) is 5.75 Å².